The molecule has 0 aromatic carbocycles. The van der Waals surface area contributed by atoms with Crippen molar-refractivity contribution in [1.82, 2.24) is 0 Å². The summed E-state index contributed by atoms with van der Waals surface area (Å²) in [4.78, 5) is 0. The zero-order chi connectivity index (χ0) is 15.4. The summed E-state index contributed by atoms with van der Waals surface area (Å²) >= 11 is 2.27. The maximum atomic E-state index is 3.45. The predicted octanol–water partition coefficient (Wildman–Crippen LogP) is -0.256. The molecule has 0 N–H and O–H groups in total. The molecular formula is C18H28Cl2SiTi-2. The fourth-order valence-electron chi connectivity index (χ4n) is 2.12. The Balaban J connectivity index is -0.000000278. The molecule has 0 fully saturated rings. The third-order valence-electron chi connectivity index (χ3n) is 3.03. The first kappa shape index (κ1) is 27.3. The van der Waals surface area contributed by atoms with Crippen LogP contribution in [0.15, 0.2) is 34.9 Å². The largest absolute Gasteiger partial charge is 1.00 e. The van der Waals surface area contributed by atoms with Crippen LogP contribution in [-0.4, -0.2) is 6.19 Å². The first-order valence-electron chi connectivity index (χ1n) is 7.61. The van der Waals surface area contributed by atoms with Crippen molar-refractivity contribution in [3.63, 3.8) is 0 Å². The van der Waals surface area contributed by atoms with Gasteiger partial charge >= 0.3 is 38.5 Å². The minimum Gasteiger partial charge on any atom is -1.00 e. The summed E-state index contributed by atoms with van der Waals surface area (Å²) in [7, 11) is 0. The van der Waals surface area contributed by atoms with E-state index in [4.69, 9.17) is 0 Å². The van der Waals surface area contributed by atoms with Crippen molar-refractivity contribution in [2.45, 2.75) is 66.0 Å². The van der Waals surface area contributed by atoms with Gasteiger partial charge in [-0.05, 0) is 0 Å². The van der Waals surface area contributed by atoms with Gasteiger partial charge in [-0.25, -0.2) is 17.7 Å². The number of halogens is 2. The van der Waals surface area contributed by atoms with Gasteiger partial charge in [0.15, 0.2) is 0 Å². The Morgan fingerprint density at radius 2 is 1.68 bits per heavy atom. The molecule has 0 saturated heterocycles. The Kier molecular flexibility index (Phi) is 22.1. The second-order valence-electron chi connectivity index (χ2n) is 4.98. The minimum atomic E-state index is 0. The van der Waals surface area contributed by atoms with Crippen molar-refractivity contribution in [3.8, 4) is 0 Å². The van der Waals surface area contributed by atoms with E-state index < -0.39 is 0 Å². The van der Waals surface area contributed by atoms with E-state index in [1.165, 1.54) is 18.4 Å². The van der Waals surface area contributed by atoms with Crippen molar-refractivity contribution >= 4 is 6.19 Å². The Morgan fingerprint density at radius 1 is 1.09 bits per heavy atom. The molecule has 0 radical (unpaired) electrons. The van der Waals surface area contributed by atoms with Crippen LogP contribution in [0.2, 0.25) is 13.1 Å². The number of rotatable bonds is 3. The van der Waals surface area contributed by atoms with Crippen LogP contribution in [0.1, 0.15) is 52.9 Å². The molecule has 0 heterocycles. The molecule has 124 valence electrons. The van der Waals surface area contributed by atoms with Crippen molar-refractivity contribution in [2.24, 2.45) is 0 Å². The molecule has 0 bridgehead atoms. The van der Waals surface area contributed by atoms with Crippen molar-refractivity contribution in [3.05, 3.63) is 47.1 Å². The van der Waals surface area contributed by atoms with E-state index in [2.05, 4.69) is 71.3 Å². The van der Waals surface area contributed by atoms with Gasteiger partial charge in [0.05, 0.1) is 0 Å². The first-order valence-corrected chi connectivity index (χ1v) is 12.4. The van der Waals surface area contributed by atoms with Gasteiger partial charge in [-0.2, -0.15) is 17.2 Å². The van der Waals surface area contributed by atoms with E-state index >= 15 is 0 Å². The Hall–Kier alpha value is 0.471. The second kappa shape index (κ2) is 17.8. The number of hydrogen-bond acceptors (Lipinski definition) is 0. The average Bonchev–Trinajstić information content (AvgIpc) is 3.09. The van der Waals surface area contributed by atoms with E-state index in [0.29, 0.717) is 0 Å². The molecule has 4 heteroatoms. The average molecular weight is 391 g/mol. The van der Waals surface area contributed by atoms with E-state index in [0.717, 1.165) is 19.3 Å². The van der Waals surface area contributed by atoms with Crippen LogP contribution in [0.25, 0.3) is 0 Å². The van der Waals surface area contributed by atoms with Gasteiger partial charge in [-0.3, -0.25) is 12.2 Å². The Labute approximate surface area is 162 Å². The number of allylic oxidation sites excluding steroid dienone is 8. The summed E-state index contributed by atoms with van der Waals surface area (Å²) in [5, 5.41) is 0. The molecule has 2 aliphatic carbocycles. The van der Waals surface area contributed by atoms with E-state index in [1.807, 2.05) is 12.2 Å². The zero-order valence-electron chi connectivity index (χ0n) is 14.5. The van der Waals surface area contributed by atoms with Crippen LogP contribution in [0.3, 0.4) is 0 Å². The van der Waals surface area contributed by atoms with Crippen molar-refractivity contribution in [1.29, 1.82) is 0 Å². The third-order valence-corrected chi connectivity index (χ3v) is 3.03. The Morgan fingerprint density at radius 3 is 1.95 bits per heavy atom. The molecule has 2 aliphatic rings. The molecule has 0 aromatic rings. The zero-order valence-corrected chi connectivity index (χ0v) is 18.6. The van der Waals surface area contributed by atoms with Crippen LogP contribution in [0, 0.1) is 12.2 Å². The summed E-state index contributed by atoms with van der Waals surface area (Å²) in [6, 6.07) is 0. The SMILES string of the molecule is CCC1=[C-]CC(CC)=C1CC.C[Si](C)=[Ti+2].[C-]1=CC=CC1.[Cl-].[Cl-]. The summed E-state index contributed by atoms with van der Waals surface area (Å²) in [5.41, 5.74) is 4.68. The van der Waals surface area contributed by atoms with Crippen LogP contribution in [-0.2, 0) is 19.2 Å². The molecule has 0 saturated carbocycles. The molecule has 0 aromatic heterocycles. The first-order chi connectivity index (χ1) is 9.56. The van der Waals surface area contributed by atoms with Gasteiger partial charge in [0, 0.05) is 0 Å². The maximum absolute atomic E-state index is 3.45. The van der Waals surface area contributed by atoms with Crippen LogP contribution < -0.4 is 24.8 Å². The summed E-state index contributed by atoms with van der Waals surface area (Å²) in [5.74, 6) is 0. The van der Waals surface area contributed by atoms with Gasteiger partial charge in [-0.15, -0.1) is 12.8 Å². The summed E-state index contributed by atoms with van der Waals surface area (Å²) in [6.07, 6.45) is 18.2. The van der Waals surface area contributed by atoms with Gasteiger partial charge in [0.25, 0.3) is 0 Å². The number of hydrogen-bond donors (Lipinski definition) is 0. The topological polar surface area (TPSA) is 0 Å². The van der Waals surface area contributed by atoms with Gasteiger partial charge in [-0.1, -0.05) is 40.0 Å². The van der Waals surface area contributed by atoms with Gasteiger partial charge in [0.1, 0.15) is 0 Å². The second-order valence-corrected chi connectivity index (χ2v) is 11.7. The molecule has 0 amide bonds. The van der Waals surface area contributed by atoms with Gasteiger partial charge < -0.3 is 24.8 Å². The molecule has 0 atom stereocenters. The van der Waals surface area contributed by atoms with E-state index in [-0.39, 0.29) is 31.0 Å². The normalized spacial score (nSPS) is 14.0. The molecule has 0 aliphatic heterocycles. The summed E-state index contributed by atoms with van der Waals surface area (Å²) in [6.45, 7) is 11.2. The Bertz CT molecular complexity index is 407. The van der Waals surface area contributed by atoms with Crippen molar-refractivity contribution < 1.29 is 44.0 Å². The van der Waals surface area contributed by atoms with Gasteiger partial charge in [0.2, 0.25) is 0 Å². The molecule has 0 nitrogen and oxygen atoms in total. The van der Waals surface area contributed by atoms with E-state index in [1.54, 1.807) is 11.1 Å². The smallest absolute Gasteiger partial charge is 0.109 e. The fraction of sp³-hybridized carbons (Fsp3) is 0.556. The van der Waals surface area contributed by atoms with Crippen LogP contribution >= 0.6 is 0 Å². The maximum Gasteiger partial charge on any atom is -0.109 e. The molecule has 22 heavy (non-hydrogen) atoms. The predicted molar refractivity (Wildman–Crippen MR) is 88.3 cm³/mol. The quantitative estimate of drug-likeness (QED) is 0.460. The summed E-state index contributed by atoms with van der Waals surface area (Å²) < 4.78 is 0. The fourth-order valence-corrected chi connectivity index (χ4v) is 2.12. The van der Waals surface area contributed by atoms with Crippen LogP contribution in [0.5, 0.6) is 0 Å². The molecule has 2 rings (SSSR count). The van der Waals surface area contributed by atoms with E-state index in [9.17, 15) is 0 Å². The standard InChI is InChI=1S/C11H17.C5H5.C2H6Si.2ClH.Ti/c1-4-9-7-8-10(5-2)11(9)6-3;1-2-4-5-3-1;1-3-2;;;/h4-7H2,1-3H3;1-3H,4H2;1-2H3;2*1H;/q2*-1;;;;+2/p-2. The minimum absolute atomic E-state index is 0. The molecular weight excluding hydrogens is 363 g/mol. The molecule has 0 unspecified atom stereocenters. The third kappa shape index (κ3) is 13.0. The van der Waals surface area contributed by atoms with Crippen molar-refractivity contribution in [2.75, 3.05) is 0 Å². The molecule has 0 spiro atoms. The monoisotopic (exact) mass is 390 g/mol. The van der Waals surface area contributed by atoms with Crippen LogP contribution in [0.4, 0.5) is 0 Å².